The molecule has 1 aromatic rings. The fourth-order valence-electron chi connectivity index (χ4n) is 0.742. The van der Waals surface area contributed by atoms with E-state index in [4.69, 9.17) is 5.26 Å². The number of pyridine rings is 1. The smallest absolute Gasteiger partial charge is 0.101 e. The predicted molar refractivity (Wildman–Crippen MR) is 49.8 cm³/mol. The zero-order chi connectivity index (χ0) is 9.56. The molecule has 0 saturated carbocycles. The lowest BCUT2D eigenvalue weighted by atomic mass is 10.1. The summed E-state index contributed by atoms with van der Waals surface area (Å²) in [5, 5.41) is 8.55. The van der Waals surface area contributed by atoms with Gasteiger partial charge in [-0.25, -0.2) is 0 Å². The molecule has 12 heavy (non-hydrogen) atoms. The van der Waals surface area contributed by atoms with E-state index in [9.17, 15) is 0 Å². The van der Waals surface area contributed by atoms with E-state index in [0.29, 0.717) is 5.56 Å². The van der Waals surface area contributed by atoms with Crippen LogP contribution in [0.4, 0.5) is 0 Å². The van der Waals surface area contributed by atoms with E-state index in [0.717, 1.165) is 11.1 Å². The van der Waals surface area contributed by atoms with Crippen LogP contribution in [0.15, 0.2) is 12.4 Å². The number of hydrogen-bond acceptors (Lipinski definition) is 2. The molecule has 0 aliphatic carbocycles. The molecule has 0 N–H and O–H groups in total. The van der Waals surface area contributed by atoms with E-state index in [2.05, 4.69) is 11.1 Å². The van der Waals surface area contributed by atoms with Crippen molar-refractivity contribution in [1.29, 1.82) is 5.26 Å². The van der Waals surface area contributed by atoms with E-state index in [1.807, 2.05) is 27.7 Å². The Hall–Kier alpha value is -1.36. The highest BCUT2D eigenvalue weighted by Gasteiger charge is 1.97. The van der Waals surface area contributed by atoms with Crippen molar-refractivity contribution in [3.63, 3.8) is 0 Å². The van der Waals surface area contributed by atoms with Gasteiger partial charge < -0.3 is 0 Å². The van der Waals surface area contributed by atoms with Crippen LogP contribution in [-0.2, 0) is 0 Å². The summed E-state index contributed by atoms with van der Waals surface area (Å²) in [6, 6.07) is 2.07. The van der Waals surface area contributed by atoms with Crippen LogP contribution >= 0.6 is 0 Å². The maximum Gasteiger partial charge on any atom is 0.101 e. The highest BCUT2D eigenvalue weighted by Crippen LogP contribution is 2.08. The molecule has 0 bridgehead atoms. The molecule has 0 unspecified atom stereocenters. The van der Waals surface area contributed by atoms with Gasteiger partial charge in [0.15, 0.2) is 0 Å². The normalized spacial score (nSPS) is 7.92. The topological polar surface area (TPSA) is 36.7 Å². The average molecular weight is 162 g/mol. The van der Waals surface area contributed by atoms with Gasteiger partial charge in [0.2, 0.25) is 0 Å². The summed E-state index contributed by atoms with van der Waals surface area (Å²) in [5.74, 6) is 0. The van der Waals surface area contributed by atoms with Crippen LogP contribution in [0, 0.1) is 25.2 Å². The van der Waals surface area contributed by atoms with Crippen LogP contribution in [-0.4, -0.2) is 4.98 Å². The second kappa shape index (κ2) is 5.31. The number of hydrogen-bond donors (Lipinski definition) is 0. The molecule has 0 radical (unpaired) electrons. The van der Waals surface area contributed by atoms with Crippen molar-refractivity contribution in [3.05, 3.63) is 29.1 Å². The fourth-order valence-corrected chi connectivity index (χ4v) is 0.742. The van der Waals surface area contributed by atoms with Gasteiger partial charge in [0.25, 0.3) is 0 Å². The molecule has 2 heteroatoms. The monoisotopic (exact) mass is 162 g/mol. The second-order valence-electron chi connectivity index (χ2n) is 2.24. The molecule has 1 heterocycles. The molecular formula is C10H14N2. The molecule has 0 aliphatic heterocycles. The minimum absolute atomic E-state index is 0.667. The molecule has 0 aliphatic rings. The van der Waals surface area contributed by atoms with E-state index >= 15 is 0 Å². The Kier molecular flexibility index (Phi) is 4.71. The largest absolute Gasteiger partial charge is 0.263 e. The molecule has 1 rings (SSSR count). The Balaban J connectivity index is 0.000000561. The molecule has 64 valence electrons. The zero-order valence-electron chi connectivity index (χ0n) is 8.05. The first-order valence-electron chi connectivity index (χ1n) is 4.07. The van der Waals surface area contributed by atoms with Crippen molar-refractivity contribution < 1.29 is 0 Å². The first kappa shape index (κ1) is 10.6. The Morgan fingerprint density at radius 1 is 1.25 bits per heavy atom. The number of aryl methyl sites for hydroxylation is 1. The maximum atomic E-state index is 8.55. The van der Waals surface area contributed by atoms with Crippen LogP contribution in [0.5, 0.6) is 0 Å². The number of aromatic nitrogens is 1. The van der Waals surface area contributed by atoms with E-state index < -0.39 is 0 Å². The summed E-state index contributed by atoms with van der Waals surface area (Å²) < 4.78 is 0. The average Bonchev–Trinajstić information content (AvgIpc) is 2.13. The van der Waals surface area contributed by atoms with Crippen LogP contribution < -0.4 is 0 Å². The van der Waals surface area contributed by atoms with Gasteiger partial charge in [0, 0.05) is 12.4 Å². The number of rotatable bonds is 0. The quantitative estimate of drug-likeness (QED) is 0.588. The van der Waals surface area contributed by atoms with Crippen LogP contribution in [0.1, 0.15) is 30.5 Å². The maximum absolute atomic E-state index is 8.55. The van der Waals surface area contributed by atoms with Gasteiger partial charge in [-0.1, -0.05) is 13.8 Å². The molecule has 0 atom stereocenters. The molecule has 0 saturated heterocycles. The van der Waals surface area contributed by atoms with Gasteiger partial charge in [0.05, 0.1) is 5.56 Å². The lowest BCUT2D eigenvalue weighted by molar-refractivity contribution is 1.19. The van der Waals surface area contributed by atoms with Crippen molar-refractivity contribution in [2.75, 3.05) is 0 Å². The van der Waals surface area contributed by atoms with Crippen LogP contribution in [0.25, 0.3) is 0 Å². The standard InChI is InChI=1S/C8H8N2.C2H6/c1-6-4-10-5-8(3-9)7(6)2;1-2/h4-5H,1-2H3;1-2H3. The summed E-state index contributed by atoms with van der Waals surface area (Å²) in [6.45, 7) is 7.87. The third-order valence-electron chi connectivity index (χ3n) is 1.59. The highest BCUT2D eigenvalue weighted by atomic mass is 14.6. The van der Waals surface area contributed by atoms with E-state index in [1.54, 1.807) is 12.4 Å². The SMILES string of the molecule is CC.Cc1cncc(C#N)c1C. The highest BCUT2D eigenvalue weighted by molar-refractivity contribution is 5.38. The van der Waals surface area contributed by atoms with Gasteiger partial charge in [-0.15, -0.1) is 0 Å². The van der Waals surface area contributed by atoms with Crippen molar-refractivity contribution in [1.82, 2.24) is 4.98 Å². The Morgan fingerprint density at radius 2 is 1.83 bits per heavy atom. The first-order valence-corrected chi connectivity index (χ1v) is 4.07. The number of nitrogens with zero attached hydrogens (tertiary/aromatic N) is 2. The molecule has 0 fully saturated rings. The Bertz CT molecular complexity index is 284. The molecule has 1 aromatic heterocycles. The molecule has 2 nitrogen and oxygen atoms in total. The molecule has 0 amide bonds. The van der Waals surface area contributed by atoms with Gasteiger partial charge in [0.1, 0.15) is 6.07 Å². The Morgan fingerprint density at radius 3 is 2.25 bits per heavy atom. The lowest BCUT2D eigenvalue weighted by Gasteiger charge is -1.97. The van der Waals surface area contributed by atoms with Crippen LogP contribution in [0.3, 0.4) is 0 Å². The van der Waals surface area contributed by atoms with Gasteiger partial charge in [-0.05, 0) is 25.0 Å². The predicted octanol–water partition coefficient (Wildman–Crippen LogP) is 2.60. The van der Waals surface area contributed by atoms with Gasteiger partial charge in [-0.2, -0.15) is 5.26 Å². The summed E-state index contributed by atoms with van der Waals surface area (Å²) in [7, 11) is 0. The van der Waals surface area contributed by atoms with Crippen molar-refractivity contribution in [3.8, 4) is 6.07 Å². The second-order valence-corrected chi connectivity index (χ2v) is 2.24. The molecule has 0 spiro atoms. The summed E-state index contributed by atoms with van der Waals surface area (Å²) >= 11 is 0. The Labute approximate surface area is 73.9 Å². The van der Waals surface area contributed by atoms with Crippen molar-refractivity contribution >= 4 is 0 Å². The van der Waals surface area contributed by atoms with E-state index in [-0.39, 0.29) is 0 Å². The van der Waals surface area contributed by atoms with Crippen molar-refractivity contribution in [2.24, 2.45) is 0 Å². The summed E-state index contributed by atoms with van der Waals surface area (Å²) in [5.41, 5.74) is 2.76. The summed E-state index contributed by atoms with van der Waals surface area (Å²) in [4.78, 5) is 3.89. The molecule has 0 aromatic carbocycles. The summed E-state index contributed by atoms with van der Waals surface area (Å²) in [6.07, 6.45) is 3.35. The third kappa shape index (κ3) is 2.35. The minimum Gasteiger partial charge on any atom is -0.263 e. The fraction of sp³-hybridized carbons (Fsp3) is 0.400. The zero-order valence-corrected chi connectivity index (χ0v) is 8.05. The van der Waals surface area contributed by atoms with Crippen LogP contribution in [0.2, 0.25) is 0 Å². The number of nitriles is 1. The van der Waals surface area contributed by atoms with E-state index in [1.165, 1.54) is 0 Å². The van der Waals surface area contributed by atoms with Gasteiger partial charge >= 0.3 is 0 Å². The van der Waals surface area contributed by atoms with Crippen molar-refractivity contribution in [2.45, 2.75) is 27.7 Å². The first-order chi connectivity index (χ1) is 5.75. The molecular weight excluding hydrogens is 148 g/mol. The van der Waals surface area contributed by atoms with Gasteiger partial charge in [-0.3, -0.25) is 4.98 Å². The minimum atomic E-state index is 0.667. The third-order valence-corrected chi connectivity index (χ3v) is 1.59. The lowest BCUT2D eigenvalue weighted by Crippen LogP contribution is -1.87.